The molecule has 2 unspecified atom stereocenters. The highest BCUT2D eigenvalue weighted by Gasteiger charge is 2.23. The molecule has 1 nitrogen and oxygen atoms in total. The highest BCUT2D eigenvalue weighted by molar-refractivity contribution is 7.85. The third-order valence-electron chi connectivity index (χ3n) is 3.90. The molecule has 1 aliphatic heterocycles. The van der Waals surface area contributed by atoms with E-state index in [4.69, 9.17) is 0 Å². The average Bonchev–Trinajstić information content (AvgIpc) is 2.55. The molecule has 0 bridgehead atoms. The van der Waals surface area contributed by atoms with Crippen molar-refractivity contribution in [2.24, 2.45) is 0 Å². The van der Waals surface area contributed by atoms with Crippen molar-refractivity contribution < 1.29 is 4.21 Å². The summed E-state index contributed by atoms with van der Waals surface area (Å²) in [5.74, 6) is 0. The molecule has 0 saturated carbocycles. The molecular formula is C19H14OS. The molecule has 0 radical (unpaired) electrons. The standard InChI is InChI=1S/C19H14OS/c20-21-18(14-6-2-1-3-7-14)11-10-17-12-15-8-4-5-9-16(15)13-19(17)21/h1-13,18H. The first-order valence-corrected chi connectivity index (χ1v) is 8.21. The van der Waals surface area contributed by atoms with Gasteiger partial charge in [-0.1, -0.05) is 66.7 Å². The van der Waals surface area contributed by atoms with Gasteiger partial charge < -0.3 is 0 Å². The minimum Gasteiger partial charge on any atom is -0.253 e. The van der Waals surface area contributed by atoms with Crippen LogP contribution in [0.1, 0.15) is 16.4 Å². The molecule has 0 spiro atoms. The molecule has 2 heteroatoms. The molecule has 2 atom stereocenters. The van der Waals surface area contributed by atoms with Gasteiger partial charge in [0.15, 0.2) is 0 Å². The fourth-order valence-corrected chi connectivity index (χ4v) is 4.32. The molecule has 1 heterocycles. The summed E-state index contributed by atoms with van der Waals surface area (Å²) in [7, 11) is -1.05. The Hall–Kier alpha value is -2.19. The summed E-state index contributed by atoms with van der Waals surface area (Å²) in [6.45, 7) is 0. The molecule has 0 amide bonds. The quantitative estimate of drug-likeness (QED) is 0.634. The van der Waals surface area contributed by atoms with E-state index in [1.165, 1.54) is 5.39 Å². The number of fused-ring (bicyclic) bond motifs is 2. The van der Waals surface area contributed by atoms with Gasteiger partial charge in [0.05, 0.1) is 16.0 Å². The van der Waals surface area contributed by atoms with Crippen LogP contribution in [-0.4, -0.2) is 4.21 Å². The molecule has 1 aliphatic rings. The van der Waals surface area contributed by atoms with Crippen LogP contribution < -0.4 is 0 Å². The molecule has 0 aromatic heterocycles. The molecule has 0 fully saturated rings. The lowest BCUT2D eigenvalue weighted by Crippen LogP contribution is -2.09. The van der Waals surface area contributed by atoms with E-state index in [0.717, 1.165) is 21.4 Å². The van der Waals surface area contributed by atoms with Crippen molar-refractivity contribution in [3.63, 3.8) is 0 Å². The minimum absolute atomic E-state index is 0.0557. The van der Waals surface area contributed by atoms with Crippen LogP contribution in [0.25, 0.3) is 16.8 Å². The fourth-order valence-electron chi connectivity index (χ4n) is 2.82. The lowest BCUT2D eigenvalue weighted by molar-refractivity contribution is 0.678. The maximum Gasteiger partial charge on any atom is 0.0827 e. The number of rotatable bonds is 1. The summed E-state index contributed by atoms with van der Waals surface area (Å²) in [6, 6.07) is 22.5. The summed E-state index contributed by atoms with van der Waals surface area (Å²) in [5.41, 5.74) is 2.17. The van der Waals surface area contributed by atoms with Crippen LogP contribution in [0.3, 0.4) is 0 Å². The van der Waals surface area contributed by atoms with Gasteiger partial charge in [-0.25, -0.2) is 0 Å². The van der Waals surface area contributed by atoms with Crippen LogP contribution in [0, 0.1) is 0 Å². The molecule has 102 valence electrons. The van der Waals surface area contributed by atoms with Gasteiger partial charge in [-0.3, -0.25) is 4.21 Å². The van der Waals surface area contributed by atoms with Crippen LogP contribution in [-0.2, 0) is 10.8 Å². The Morgan fingerprint density at radius 3 is 2.24 bits per heavy atom. The lowest BCUT2D eigenvalue weighted by Gasteiger charge is -2.20. The number of hydrogen-bond donors (Lipinski definition) is 0. The first-order chi connectivity index (χ1) is 10.3. The molecular weight excluding hydrogens is 276 g/mol. The highest BCUT2D eigenvalue weighted by Crippen LogP contribution is 2.35. The van der Waals surface area contributed by atoms with Crippen molar-refractivity contribution in [1.29, 1.82) is 0 Å². The second-order valence-electron chi connectivity index (χ2n) is 5.22. The average molecular weight is 290 g/mol. The second-order valence-corrected chi connectivity index (χ2v) is 6.77. The third kappa shape index (κ3) is 2.12. The third-order valence-corrected chi connectivity index (χ3v) is 5.58. The number of benzene rings is 3. The Labute approximate surface area is 126 Å². The van der Waals surface area contributed by atoms with E-state index in [2.05, 4.69) is 36.4 Å². The molecule has 0 N–H and O–H groups in total. The summed E-state index contributed by atoms with van der Waals surface area (Å²) >= 11 is 0. The monoisotopic (exact) mass is 290 g/mol. The second kappa shape index (κ2) is 4.97. The molecule has 3 aromatic carbocycles. The van der Waals surface area contributed by atoms with E-state index in [1.54, 1.807) is 0 Å². The Morgan fingerprint density at radius 1 is 0.810 bits per heavy atom. The summed E-state index contributed by atoms with van der Waals surface area (Å²) < 4.78 is 12.9. The molecule has 21 heavy (non-hydrogen) atoms. The van der Waals surface area contributed by atoms with Gasteiger partial charge in [-0.2, -0.15) is 0 Å². The van der Waals surface area contributed by atoms with Crippen molar-refractivity contribution >= 4 is 27.6 Å². The van der Waals surface area contributed by atoms with Gasteiger partial charge >= 0.3 is 0 Å². The highest BCUT2D eigenvalue weighted by atomic mass is 32.2. The van der Waals surface area contributed by atoms with Crippen molar-refractivity contribution in [1.82, 2.24) is 0 Å². The maximum absolute atomic E-state index is 12.9. The van der Waals surface area contributed by atoms with E-state index in [0.29, 0.717) is 0 Å². The van der Waals surface area contributed by atoms with Gasteiger partial charge in [0.25, 0.3) is 0 Å². The first-order valence-electron chi connectivity index (χ1n) is 6.99. The molecule has 0 saturated heterocycles. The molecule has 4 rings (SSSR count). The van der Waals surface area contributed by atoms with E-state index in [-0.39, 0.29) is 5.25 Å². The number of hydrogen-bond acceptors (Lipinski definition) is 1. The summed E-state index contributed by atoms with van der Waals surface area (Å²) in [5, 5.41) is 2.28. The zero-order chi connectivity index (χ0) is 14.2. The van der Waals surface area contributed by atoms with Crippen molar-refractivity contribution in [2.75, 3.05) is 0 Å². The Balaban J connectivity index is 1.86. The van der Waals surface area contributed by atoms with Crippen LogP contribution >= 0.6 is 0 Å². The van der Waals surface area contributed by atoms with Gasteiger partial charge in [0, 0.05) is 4.90 Å². The van der Waals surface area contributed by atoms with Crippen molar-refractivity contribution in [3.8, 4) is 0 Å². The van der Waals surface area contributed by atoms with Crippen molar-refractivity contribution in [2.45, 2.75) is 10.1 Å². The molecule has 0 aliphatic carbocycles. The topological polar surface area (TPSA) is 17.1 Å². The Kier molecular flexibility index (Phi) is 2.97. The zero-order valence-corrected chi connectivity index (χ0v) is 12.2. The predicted octanol–water partition coefficient (Wildman–Crippen LogP) is 4.72. The predicted molar refractivity (Wildman–Crippen MR) is 88.6 cm³/mol. The van der Waals surface area contributed by atoms with Gasteiger partial charge in [-0.15, -0.1) is 0 Å². The smallest absolute Gasteiger partial charge is 0.0827 e. The van der Waals surface area contributed by atoms with E-state index in [9.17, 15) is 4.21 Å². The Morgan fingerprint density at radius 2 is 1.48 bits per heavy atom. The van der Waals surface area contributed by atoms with E-state index < -0.39 is 10.8 Å². The SMILES string of the molecule is O=S1c2cc3ccccc3cc2C=CC1c1ccccc1. The molecule has 3 aromatic rings. The largest absolute Gasteiger partial charge is 0.253 e. The Bertz CT molecular complexity index is 865. The summed E-state index contributed by atoms with van der Waals surface area (Å²) in [6.07, 6.45) is 4.16. The summed E-state index contributed by atoms with van der Waals surface area (Å²) in [4.78, 5) is 0.935. The van der Waals surface area contributed by atoms with Crippen molar-refractivity contribution in [3.05, 3.63) is 83.9 Å². The van der Waals surface area contributed by atoms with Crippen LogP contribution in [0.5, 0.6) is 0 Å². The first kappa shape index (κ1) is 12.5. The normalized spacial score (nSPS) is 20.4. The van der Waals surface area contributed by atoms with Gasteiger partial charge in [-0.05, 0) is 34.0 Å². The zero-order valence-electron chi connectivity index (χ0n) is 11.4. The van der Waals surface area contributed by atoms with E-state index >= 15 is 0 Å². The lowest BCUT2D eigenvalue weighted by atomic mass is 10.0. The van der Waals surface area contributed by atoms with Crippen LogP contribution in [0.15, 0.2) is 77.7 Å². The van der Waals surface area contributed by atoms with Crippen LogP contribution in [0.4, 0.5) is 0 Å². The maximum atomic E-state index is 12.9. The van der Waals surface area contributed by atoms with Crippen LogP contribution in [0.2, 0.25) is 0 Å². The van der Waals surface area contributed by atoms with Gasteiger partial charge in [0.1, 0.15) is 0 Å². The van der Waals surface area contributed by atoms with Gasteiger partial charge in [0.2, 0.25) is 0 Å². The minimum atomic E-state index is -1.05. The van der Waals surface area contributed by atoms with E-state index in [1.807, 2.05) is 42.5 Å². The fraction of sp³-hybridized carbons (Fsp3) is 0.0526.